The van der Waals surface area contributed by atoms with Crippen LogP contribution in [0.1, 0.15) is 24.5 Å². The lowest BCUT2D eigenvalue weighted by molar-refractivity contribution is -0.268. The molecule has 1 aliphatic rings. The Kier molecular flexibility index (Phi) is 5.99. The minimum Gasteiger partial charge on any atom is -0.371 e. The molecule has 0 bridgehead atoms. The normalized spacial score (nSPS) is 27.1. The minimum atomic E-state index is -0.974. The van der Waals surface area contributed by atoms with E-state index in [2.05, 4.69) is 0 Å². The molecule has 4 atom stereocenters. The Labute approximate surface area is 143 Å². The molecule has 2 aromatic rings. The summed E-state index contributed by atoms with van der Waals surface area (Å²) in [5.74, 6) is 0. The summed E-state index contributed by atoms with van der Waals surface area (Å²) in [5, 5.41) is 10.3. The number of ether oxygens (including phenoxy) is 3. The number of hydrogen-bond donors (Lipinski definition) is 1. The average Bonchev–Trinajstić information content (AvgIpc) is 2.61. The lowest BCUT2D eigenvalue weighted by Crippen LogP contribution is -2.49. The minimum absolute atomic E-state index is 0.0580. The summed E-state index contributed by atoms with van der Waals surface area (Å²) in [6.45, 7) is 2.86. The third kappa shape index (κ3) is 4.65. The van der Waals surface area contributed by atoms with E-state index in [1.807, 2.05) is 67.6 Å². The summed E-state index contributed by atoms with van der Waals surface area (Å²) in [4.78, 5) is 0. The molecular formula is C20H24O4. The highest BCUT2D eigenvalue weighted by molar-refractivity contribution is 5.14. The van der Waals surface area contributed by atoms with Gasteiger partial charge in [-0.05, 0) is 18.1 Å². The molecule has 1 saturated heterocycles. The van der Waals surface area contributed by atoms with Crippen LogP contribution in [0.2, 0.25) is 0 Å². The number of hydrogen-bond acceptors (Lipinski definition) is 4. The predicted molar refractivity (Wildman–Crippen MR) is 91.2 cm³/mol. The van der Waals surface area contributed by atoms with E-state index in [4.69, 9.17) is 14.2 Å². The zero-order chi connectivity index (χ0) is 16.8. The smallest absolute Gasteiger partial charge is 0.184 e. The monoisotopic (exact) mass is 328 g/mol. The largest absolute Gasteiger partial charge is 0.371 e. The van der Waals surface area contributed by atoms with Crippen molar-refractivity contribution < 1.29 is 19.3 Å². The number of aliphatic hydroxyl groups is 1. The molecular weight excluding hydrogens is 304 g/mol. The first-order valence-electron chi connectivity index (χ1n) is 8.37. The maximum atomic E-state index is 10.3. The molecule has 24 heavy (non-hydrogen) atoms. The van der Waals surface area contributed by atoms with Gasteiger partial charge < -0.3 is 19.3 Å². The molecule has 4 nitrogen and oxygen atoms in total. The van der Waals surface area contributed by atoms with E-state index in [0.29, 0.717) is 19.6 Å². The molecule has 128 valence electrons. The Morgan fingerprint density at radius 2 is 1.46 bits per heavy atom. The van der Waals surface area contributed by atoms with Crippen molar-refractivity contribution in [2.24, 2.45) is 0 Å². The first kappa shape index (κ1) is 17.1. The molecule has 2 aromatic carbocycles. The number of rotatable bonds is 6. The Bertz CT molecular complexity index is 602. The standard InChI is InChI=1S/C20H24O4/c1-15-12-18(22-13-16-8-4-2-5-9-16)19(20(21)24-15)23-14-17-10-6-3-7-11-17/h2-11,15,18-21H,12-14H2,1H3/t15-,18+,19-,20-/m0/s1. The second kappa shape index (κ2) is 8.40. The summed E-state index contributed by atoms with van der Waals surface area (Å²) >= 11 is 0. The van der Waals surface area contributed by atoms with Gasteiger partial charge in [0.05, 0.1) is 25.4 Å². The maximum absolute atomic E-state index is 10.3. The van der Waals surface area contributed by atoms with Crippen molar-refractivity contribution in [3.05, 3.63) is 71.8 Å². The van der Waals surface area contributed by atoms with Crippen molar-refractivity contribution in [2.75, 3.05) is 0 Å². The molecule has 1 heterocycles. The predicted octanol–water partition coefficient (Wildman–Crippen LogP) is 3.28. The fraction of sp³-hybridized carbons (Fsp3) is 0.400. The van der Waals surface area contributed by atoms with Crippen LogP contribution in [0.5, 0.6) is 0 Å². The second-order valence-corrected chi connectivity index (χ2v) is 6.17. The van der Waals surface area contributed by atoms with Crippen LogP contribution in [-0.4, -0.2) is 29.7 Å². The van der Waals surface area contributed by atoms with E-state index in [1.165, 1.54) is 0 Å². The summed E-state index contributed by atoms with van der Waals surface area (Å²) in [7, 11) is 0. The molecule has 0 aliphatic carbocycles. The summed E-state index contributed by atoms with van der Waals surface area (Å²) in [6, 6.07) is 19.9. The number of aliphatic hydroxyl groups excluding tert-OH is 1. The summed E-state index contributed by atoms with van der Waals surface area (Å²) in [6.07, 6.45) is -1.03. The molecule has 1 aliphatic heterocycles. The van der Waals surface area contributed by atoms with Gasteiger partial charge in [-0.2, -0.15) is 0 Å². The van der Waals surface area contributed by atoms with E-state index in [0.717, 1.165) is 11.1 Å². The fourth-order valence-corrected chi connectivity index (χ4v) is 2.91. The molecule has 1 fully saturated rings. The van der Waals surface area contributed by atoms with Crippen molar-refractivity contribution in [3.63, 3.8) is 0 Å². The van der Waals surface area contributed by atoms with E-state index in [1.54, 1.807) is 0 Å². The van der Waals surface area contributed by atoms with Crippen molar-refractivity contribution in [1.29, 1.82) is 0 Å². The van der Waals surface area contributed by atoms with Crippen LogP contribution in [0.4, 0.5) is 0 Å². The first-order chi connectivity index (χ1) is 11.7. The maximum Gasteiger partial charge on any atom is 0.184 e. The molecule has 1 N–H and O–H groups in total. The van der Waals surface area contributed by atoms with Crippen LogP contribution in [0.25, 0.3) is 0 Å². The lowest BCUT2D eigenvalue weighted by Gasteiger charge is -2.38. The van der Waals surface area contributed by atoms with Crippen molar-refractivity contribution in [1.82, 2.24) is 0 Å². The molecule has 4 heteroatoms. The van der Waals surface area contributed by atoms with Gasteiger partial charge >= 0.3 is 0 Å². The Morgan fingerprint density at radius 3 is 2.04 bits per heavy atom. The van der Waals surface area contributed by atoms with E-state index in [9.17, 15) is 5.11 Å². The Balaban J connectivity index is 1.61. The van der Waals surface area contributed by atoms with E-state index < -0.39 is 12.4 Å². The molecule has 0 saturated carbocycles. The van der Waals surface area contributed by atoms with Crippen LogP contribution < -0.4 is 0 Å². The SMILES string of the molecule is C[C@H]1C[C@@H](OCc2ccccc2)[C@H](OCc2ccccc2)[C@@H](O)O1. The van der Waals surface area contributed by atoms with Crippen molar-refractivity contribution in [2.45, 2.75) is 51.2 Å². The van der Waals surface area contributed by atoms with Crippen LogP contribution in [0.15, 0.2) is 60.7 Å². The van der Waals surface area contributed by atoms with Gasteiger partial charge in [-0.1, -0.05) is 60.7 Å². The van der Waals surface area contributed by atoms with Crippen molar-refractivity contribution >= 4 is 0 Å². The lowest BCUT2D eigenvalue weighted by atomic mass is 10.0. The van der Waals surface area contributed by atoms with E-state index >= 15 is 0 Å². The number of benzene rings is 2. The van der Waals surface area contributed by atoms with Gasteiger partial charge in [0.1, 0.15) is 6.10 Å². The van der Waals surface area contributed by atoms with Gasteiger partial charge in [-0.3, -0.25) is 0 Å². The van der Waals surface area contributed by atoms with Gasteiger partial charge in [0.25, 0.3) is 0 Å². The molecule has 0 unspecified atom stereocenters. The van der Waals surface area contributed by atoms with E-state index in [-0.39, 0.29) is 12.2 Å². The Morgan fingerprint density at radius 1 is 0.917 bits per heavy atom. The average molecular weight is 328 g/mol. The molecule has 3 rings (SSSR count). The van der Waals surface area contributed by atoms with Crippen LogP contribution in [-0.2, 0) is 27.4 Å². The van der Waals surface area contributed by atoms with Crippen LogP contribution in [0.3, 0.4) is 0 Å². The third-order valence-corrected chi connectivity index (χ3v) is 4.18. The van der Waals surface area contributed by atoms with Gasteiger partial charge in [0, 0.05) is 6.42 Å². The van der Waals surface area contributed by atoms with Gasteiger partial charge in [0.15, 0.2) is 6.29 Å². The Hall–Kier alpha value is -1.72. The summed E-state index contributed by atoms with van der Waals surface area (Å²) < 4.78 is 17.5. The van der Waals surface area contributed by atoms with Gasteiger partial charge in [-0.25, -0.2) is 0 Å². The highest BCUT2D eigenvalue weighted by Crippen LogP contribution is 2.25. The molecule has 0 spiro atoms. The van der Waals surface area contributed by atoms with Gasteiger partial charge in [-0.15, -0.1) is 0 Å². The fourth-order valence-electron chi connectivity index (χ4n) is 2.91. The molecule has 0 amide bonds. The highest BCUT2D eigenvalue weighted by atomic mass is 16.7. The molecule has 0 radical (unpaired) electrons. The first-order valence-corrected chi connectivity index (χ1v) is 8.37. The topological polar surface area (TPSA) is 47.9 Å². The third-order valence-electron chi connectivity index (χ3n) is 4.18. The highest BCUT2D eigenvalue weighted by Gasteiger charge is 2.38. The van der Waals surface area contributed by atoms with Crippen LogP contribution >= 0.6 is 0 Å². The van der Waals surface area contributed by atoms with Crippen LogP contribution in [0, 0.1) is 0 Å². The molecule has 0 aromatic heterocycles. The quantitative estimate of drug-likeness (QED) is 0.884. The van der Waals surface area contributed by atoms with Crippen molar-refractivity contribution in [3.8, 4) is 0 Å². The van der Waals surface area contributed by atoms with Gasteiger partial charge in [0.2, 0.25) is 0 Å². The zero-order valence-corrected chi connectivity index (χ0v) is 13.9. The summed E-state index contributed by atoms with van der Waals surface area (Å²) in [5.41, 5.74) is 2.16. The zero-order valence-electron chi connectivity index (χ0n) is 13.9. The second-order valence-electron chi connectivity index (χ2n) is 6.17.